The molecule has 18 heavy (non-hydrogen) atoms. The van der Waals surface area contributed by atoms with E-state index in [-0.39, 0.29) is 17.7 Å². The van der Waals surface area contributed by atoms with Crippen LogP contribution < -0.4 is 10.6 Å². The molecule has 0 aliphatic carbocycles. The molecule has 0 saturated carbocycles. The molecule has 1 aliphatic heterocycles. The summed E-state index contributed by atoms with van der Waals surface area (Å²) in [6.45, 7) is 3.74. The maximum Gasteiger partial charge on any atom is 0.251 e. The van der Waals surface area contributed by atoms with Crippen molar-refractivity contribution in [2.75, 3.05) is 13.1 Å². The molecule has 1 aromatic rings. The molecule has 1 aromatic carbocycles. The Kier molecular flexibility index (Phi) is 4.20. The number of hydrogen-bond acceptors (Lipinski definition) is 3. The van der Waals surface area contributed by atoms with Gasteiger partial charge in [0.05, 0.1) is 0 Å². The monoisotopic (exact) mass is 248 g/mol. The lowest BCUT2D eigenvalue weighted by molar-refractivity contribution is 0.0933. The lowest BCUT2D eigenvalue weighted by Gasteiger charge is -2.17. The molecular formula is C14H20N2O2. The highest BCUT2D eigenvalue weighted by atomic mass is 16.3. The van der Waals surface area contributed by atoms with Crippen molar-refractivity contribution in [3.63, 3.8) is 0 Å². The van der Waals surface area contributed by atoms with Crippen molar-refractivity contribution in [3.05, 3.63) is 29.3 Å². The minimum Gasteiger partial charge on any atom is -0.508 e. The second-order valence-electron chi connectivity index (χ2n) is 4.80. The van der Waals surface area contributed by atoms with E-state index in [9.17, 15) is 9.90 Å². The summed E-state index contributed by atoms with van der Waals surface area (Å²) in [6.07, 6.45) is 3.06. The molecule has 0 bridgehead atoms. The topological polar surface area (TPSA) is 61.4 Å². The third-order valence-electron chi connectivity index (χ3n) is 3.46. The second-order valence-corrected chi connectivity index (χ2v) is 4.80. The summed E-state index contributed by atoms with van der Waals surface area (Å²) in [6, 6.07) is 5.28. The van der Waals surface area contributed by atoms with Crippen LogP contribution in [0.4, 0.5) is 0 Å². The molecule has 0 radical (unpaired) electrons. The number of nitrogens with one attached hydrogen (secondary N) is 2. The lowest BCUT2D eigenvalue weighted by Crippen LogP contribution is -2.35. The van der Waals surface area contributed by atoms with Crippen molar-refractivity contribution in [2.24, 2.45) is 0 Å². The van der Waals surface area contributed by atoms with Crippen molar-refractivity contribution >= 4 is 5.91 Å². The van der Waals surface area contributed by atoms with Crippen molar-refractivity contribution in [1.29, 1.82) is 0 Å². The van der Waals surface area contributed by atoms with Crippen LogP contribution in [0, 0.1) is 6.92 Å². The third kappa shape index (κ3) is 3.01. The molecule has 1 saturated heterocycles. The Hall–Kier alpha value is -1.55. The maximum absolute atomic E-state index is 12.2. The minimum absolute atomic E-state index is 0.0877. The van der Waals surface area contributed by atoms with E-state index in [1.807, 2.05) is 0 Å². The Bertz CT molecular complexity index is 424. The van der Waals surface area contributed by atoms with Crippen molar-refractivity contribution in [1.82, 2.24) is 10.6 Å². The van der Waals surface area contributed by atoms with Gasteiger partial charge in [-0.2, -0.15) is 0 Å². The molecule has 1 aliphatic rings. The van der Waals surface area contributed by atoms with E-state index in [0.717, 1.165) is 32.4 Å². The van der Waals surface area contributed by atoms with Crippen LogP contribution in [-0.2, 0) is 0 Å². The van der Waals surface area contributed by atoms with Gasteiger partial charge in [0.2, 0.25) is 0 Å². The van der Waals surface area contributed by atoms with E-state index in [1.165, 1.54) is 0 Å². The van der Waals surface area contributed by atoms with Gasteiger partial charge >= 0.3 is 0 Å². The summed E-state index contributed by atoms with van der Waals surface area (Å²) >= 11 is 0. The van der Waals surface area contributed by atoms with Crippen LogP contribution in [0.2, 0.25) is 0 Å². The number of carbonyl (C=O) groups is 1. The second kappa shape index (κ2) is 5.87. The quantitative estimate of drug-likeness (QED) is 0.744. The molecule has 4 nitrogen and oxygen atoms in total. The van der Waals surface area contributed by atoms with Crippen LogP contribution in [0.3, 0.4) is 0 Å². The molecule has 2 rings (SSSR count). The molecule has 3 N–H and O–H groups in total. The molecular weight excluding hydrogens is 228 g/mol. The van der Waals surface area contributed by atoms with Crippen LogP contribution in [0.15, 0.2) is 18.2 Å². The lowest BCUT2D eigenvalue weighted by atomic mass is 10.1. The number of benzene rings is 1. The van der Waals surface area contributed by atoms with Crippen LogP contribution >= 0.6 is 0 Å². The zero-order valence-corrected chi connectivity index (χ0v) is 10.7. The van der Waals surface area contributed by atoms with Gasteiger partial charge in [-0.1, -0.05) is 6.07 Å². The predicted molar refractivity (Wildman–Crippen MR) is 70.8 cm³/mol. The van der Waals surface area contributed by atoms with E-state index in [0.29, 0.717) is 11.1 Å². The first kappa shape index (κ1) is 12.9. The SMILES string of the molecule is Cc1c(O)cccc1C(=O)NC1CCCNCC1. The molecule has 1 heterocycles. The number of carbonyl (C=O) groups excluding carboxylic acids is 1. The van der Waals surface area contributed by atoms with Crippen LogP contribution in [0.5, 0.6) is 5.75 Å². The van der Waals surface area contributed by atoms with Crippen LogP contribution in [0.1, 0.15) is 35.2 Å². The van der Waals surface area contributed by atoms with E-state index in [2.05, 4.69) is 10.6 Å². The number of phenols is 1. The van der Waals surface area contributed by atoms with Crippen molar-refractivity contribution in [2.45, 2.75) is 32.2 Å². The average molecular weight is 248 g/mol. The summed E-state index contributed by atoms with van der Waals surface area (Å²) in [5.41, 5.74) is 1.20. The Labute approximate surface area is 107 Å². The highest BCUT2D eigenvalue weighted by Gasteiger charge is 2.17. The number of phenolic OH excluding ortho intramolecular Hbond substituents is 1. The highest BCUT2D eigenvalue weighted by Crippen LogP contribution is 2.19. The standard InChI is InChI=1S/C14H20N2O2/c1-10-12(5-2-6-13(10)17)14(18)16-11-4-3-8-15-9-7-11/h2,5-6,11,15,17H,3-4,7-9H2,1H3,(H,16,18). The molecule has 1 unspecified atom stereocenters. The Balaban J connectivity index is 2.04. The summed E-state index contributed by atoms with van der Waals surface area (Å²) in [5, 5.41) is 16.0. The maximum atomic E-state index is 12.2. The zero-order valence-electron chi connectivity index (χ0n) is 10.7. The van der Waals surface area contributed by atoms with Gasteiger partial charge in [0.1, 0.15) is 5.75 Å². The fourth-order valence-corrected chi connectivity index (χ4v) is 2.30. The van der Waals surface area contributed by atoms with Gasteiger partial charge in [-0.25, -0.2) is 0 Å². The Morgan fingerprint density at radius 1 is 1.39 bits per heavy atom. The minimum atomic E-state index is -0.0877. The Morgan fingerprint density at radius 3 is 3.06 bits per heavy atom. The summed E-state index contributed by atoms with van der Waals surface area (Å²) in [7, 11) is 0. The van der Waals surface area contributed by atoms with Crippen LogP contribution in [0.25, 0.3) is 0 Å². The first-order valence-corrected chi connectivity index (χ1v) is 6.48. The van der Waals surface area contributed by atoms with Gasteiger partial charge < -0.3 is 15.7 Å². The fraction of sp³-hybridized carbons (Fsp3) is 0.500. The van der Waals surface area contributed by atoms with Crippen molar-refractivity contribution in [3.8, 4) is 5.75 Å². The Morgan fingerprint density at radius 2 is 2.22 bits per heavy atom. The first-order chi connectivity index (χ1) is 8.68. The highest BCUT2D eigenvalue weighted by molar-refractivity contribution is 5.96. The smallest absolute Gasteiger partial charge is 0.251 e. The molecule has 98 valence electrons. The third-order valence-corrected chi connectivity index (χ3v) is 3.46. The van der Waals surface area contributed by atoms with Gasteiger partial charge in [0, 0.05) is 17.2 Å². The van der Waals surface area contributed by atoms with Gasteiger partial charge in [0.15, 0.2) is 0 Å². The van der Waals surface area contributed by atoms with E-state index < -0.39 is 0 Å². The van der Waals surface area contributed by atoms with Gasteiger partial charge in [0.25, 0.3) is 5.91 Å². The molecule has 4 heteroatoms. The molecule has 1 atom stereocenters. The van der Waals surface area contributed by atoms with Gasteiger partial charge in [-0.3, -0.25) is 4.79 Å². The normalized spacial score (nSPS) is 20.2. The summed E-state index contributed by atoms with van der Waals surface area (Å²) in [4.78, 5) is 12.2. The van der Waals surface area contributed by atoms with Crippen molar-refractivity contribution < 1.29 is 9.90 Å². The molecule has 0 spiro atoms. The van der Waals surface area contributed by atoms with Gasteiger partial charge in [-0.15, -0.1) is 0 Å². The van der Waals surface area contributed by atoms with E-state index in [1.54, 1.807) is 25.1 Å². The fourth-order valence-electron chi connectivity index (χ4n) is 2.30. The zero-order chi connectivity index (χ0) is 13.0. The van der Waals surface area contributed by atoms with E-state index in [4.69, 9.17) is 0 Å². The molecule has 0 aromatic heterocycles. The summed E-state index contributed by atoms with van der Waals surface area (Å²) in [5.74, 6) is 0.0838. The molecule has 1 fully saturated rings. The summed E-state index contributed by atoms with van der Waals surface area (Å²) < 4.78 is 0. The first-order valence-electron chi connectivity index (χ1n) is 6.48. The number of aromatic hydroxyl groups is 1. The van der Waals surface area contributed by atoms with E-state index >= 15 is 0 Å². The average Bonchev–Trinajstić information content (AvgIpc) is 2.61. The van der Waals surface area contributed by atoms with Gasteiger partial charge in [-0.05, 0) is 51.4 Å². The largest absolute Gasteiger partial charge is 0.508 e. The van der Waals surface area contributed by atoms with Crippen LogP contribution in [-0.4, -0.2) is 30.1 Å². The number of amides is 1. The predicted octanol–water partition coefficient (Wildman–Crippen LogP) is 1.57. The number of hydrogen-bond donors (Lipinski definition) is 3. The number of rotatable bonds is 2. The molecule has 1 amide bonds.